The zero-order valence-corrected chi connectivity index (χ0v) is 11.4. The van der Waals surface area contributed by atoms with E-state index < -0.39 is 17.9 Å². The Morgan fingerprint density at radius 2 is 1.25 bits per heavy atom. The third-order valence-electron chi connectivity index (χ3n) is 2.63. The first-order chi connectivity index (χ1) is 9.41. The van der Waals surface area contributed by atoms with Crippen molar-refractivity contribution in [3.8, 4) is 0 Å². The third kappa shape index (κ3) is 12.8. The Labute approximate surface area is 117 Å². The Bertz CT molecular complexity index is 303. The van der Waals surface area contributed by atoms with Gasteiger partial charge in [0.25, 0.3) is 0 Å². The minimum atomic E-state index is -0.912. The molecule has 0 aliphatic carbocycles. The highest BCUT2D eigenvalue weighted by molar-refractivity contribution is 5.67. The standard InChI is InChI=1S/C12H22N2O6/c15-10(16)2-6-13-5-1-7-14(8-3-11(17)18)9-4-12(19)20/h13H,1-9H2,(H,15,16)(H,17,18)(H,19,20). The van der Waals surface area contributed by atoms with Crippen LogP contribution in [0.5, 0.6) is 0 Å². The molecule has 8 nitrogen and oxygen atoms in total. The van der Waals surface area contributed by atoms with E-state index in [9.17, 15) is 14.4 Å². The second-order valence-corrected chi connectivity index (χ2v) is 4.38. The van der Waals surface area contributed by atoms with E-state index in [1.807, 2.05) is 0 Å². The first-order valence-electron chi connectivity index (χ1n) is 6.50. The fourth-order valence-electron chi connectivity index (χ4n) is 1.59. The van der Waals surface area contributed by atoms with Gasteiger partial charge in [0.05, 0.1) is 19.3 Å². The van der Waals surface area contributed by atoms with Gasteiger partial charge < -0.3 is 25.5 Å². The molecule has 4 N–H and O–H groups in total. The highest BCUT2D eigenvalue weighted by atomic mass is 16.4. The maximum absolute atomic E-state index is 10.5. The molecule has 0 aromatic heterocycles. The largest absolute Gasteiger partial charge is 0.481 e. The Hall–Kier alpha value is -1.67. The van der Waals surface area contributed by atoms with Crippen LogP contribution in [-0.2, 0) is 14.4 Å². The molecule has 0 aliphatic rings. The fraction of sp³-hybridized carbons (Fsp3) is 0.750. The van der Waals surface area contributed by atoms with Crippen LogP contribution in [0.25, 0.3) is 0 Å². The van der Waals surface area contributed by atoms with Crippen molar-refractivity contribution in [3.63, 3.8) is 0 Å². The van der Waals surface area contributed by atoms with Crippen LogP contribution >= 0.6 is 0 Å². The fourth-order valence-corrected chi connectivity index (χ4v) is 1.59. The summed E-state index contributed by atoms with van der Waals surface area (Å²) in [5, 5.41) is 28.6. The van der Waals surface area contributed by atoms with E-state index in [2.05, 4.69) is 5.32 Å². The Balaban J connectivity index is 3.80. The molecule has 0 amide bonds. The van der Waals surface area contributed by atoms with Crippen molar-refractivity contribution in [2.24, 2.45) is 0 Å². The maximum Gasteiger partial charge on any atom is 0.304 e. The van der Waals surface area contributed by atoms with Crippen LogP contribution in [0.1, 0.15) is 25.7 Å². The average Bonchev–Trinajstić information content (AvgIpc) is 2.34. The molecule has 0 atom stereocenters. The summed E-state index contributed by atoms with van der Waals surface area (Å²) < 4.78 is 0. The number of hydrogen-bond donors (Lipinski definition) is 4. The normalized spacial score (nSPS) is 10.7. The molecule has 20 heavy (non-hydrogen) atoms. The van der Waals surface area contributed by atoms with Crippen LogP contribution in [-0.4, -0.2) is 70.9 Å². The van der Waals surface area contributed by atoms with Crippen LogP contribution in [0.3, 0.4) is 0 Å². The Morgan fingerprint density at radius 1 is 0.750 bits per heavy atom. The van der Waals surface area contributed by atoms with Gasteiger partial charge in [-0.25, -0.2) is 0 Å². The van der Waals surface area contributed by atoms with E-state index >= 15 is 0 Å². The van der Waals surface area contributed by atoms with Crippen molar-refractivity contribution in [2.75, 3.05) is 32.7 Å². The lowest BCUT2D eigenvalue weighted by molar-refractivity contribution is -0.138. The SMILES string of the molecule is O=C(O)CCNCCCN(CCC(=O)O)CCC(=O)O. The summed E-state index contributed by atoms with van der Waals surface area (Å²) in [7, 11) is 0. The van der Waals surface area contributed by atoms with E-state index in [1.54, 1.807) is 4.90 Å². The number of carboxylic acid groups (broad SMARTS) is 3. The molecular formula is C12H22N2O6. The summed E-state index contributed by atoms with van der Waals surface area (Å²) in [6, 6.07) is 0. The molecule has 0 spiro atoms. The van der Waals surface area contributed by atoms with Gasteiger partial charge in [0.2, 0.25) is 0 Å². The van der Waals surface area contributed by atoms with E-state index in [1.165, 1.54) is 0 Å². The average molecular weight is 290 g/mol. The van der Waals surface area contributed by atoms with Crippen LogP contribution in [0.4, 0.5) is 0 Å². The number of carboxylic acids is 3. The quantitative estimate of drug-likeness (QED) is 0.340. The summed E-state index contributed by atoms with van der Waals surface area (Å²) >= 11 is 0. The predicted molar refractivity (Wildman–Crippen MR) is 70.7 cm³/mol. The monoisotopic (exact) mass is 290 g/mol. The summed E-state index contributed by atoms with van der Waals surface area (Å²) in [4.78, 5) is 33.1. The molecule has 8 heteroatoms. The Kier molecular flexibility index (Phi) is 10.2. The van der Waals surface area contributed by atoms with Gasteiger partial charge in [-0.05, 0) is 19.5 Å². The van der Waals surface area contributed by atoms with Gasteiger partial charge >= 0.3 is 17.9 Å². The predicted octanol–water partition coefficient (Wildman–Crippen LogP) is -0.308. The van der Waals surface area contributed by atoms with Crippen molar-refractivity contribution in [2.45, 2.75) is 25.7 Å². The summed E-state index contributed by atoms with van der Waals surface area (Å²) in [6.45, 7) is 2.22. The van der Waals surface area contributed by atoms with Crippen LogP contribution in [0.15, 0.2) is 0 Å². The van der Waals surface area contributed by atoms with Gasteiger partial charge in [0, 0.05) is 19.6 Å². The van der Waals surface area contributed by atoms with Crippen molar-refractivity contribution >= 4 is 17.9 Å². The van der Waals surface area contributed by atoms with Crippen molar-refractivity contribution < 1.29 is 29.7 Å². The number of hydrogen-bond acceptors (Lipinski definition) is 5. The van der Waals surface area contributed by atoms with Crippen LogP contribution < -0.4 is 5.32 Å². The molecule has 0 rings (SSSR count). The van der Waals surface area contributed by atoms with Crippen molar-refractivity contribution in [3.05, 3.63) is 0 Å². The van der Waals surface area contributed by atoms with Gasteiger partial charge in [-0.15, -0.1) is 0 Å². The topological polar surface area (TPSA) is 127 Å². The Morgan fingerprint density at radius 3 is 1.70 bits per heavy atom. The van der Waals surface area contributed by atoms with Gasteiger partial charge in [0.15, 0.2) is 0 Å². The number of nitrogens with zero attached hydrogens (tertiary/aromatic N) is 1. The van der Waals surface area contributed by atoms with E-state index in [-0.39, 0.29) is 19.3 Å². The van der Waals surface area contributed by atoms with E-state index in [0.29, 0.717) is 39.1 Å². The number of nitrogens with one attached hydrogen (secondary N) is 1. The van der Waals surface area contributed by atoms with Crippen molar-refractivity contribution in [1.29, 1.82) is 0 Å². The second-order valence-electron chi connectivity index (χ2n) is 4.38. The van der Waals surface area contributed by atoms with Crippen molar-refractivity contribution in [1.82, 2.24) is 10.2 Å². The molecule has 0 heterocycles. The molecule has 0 saturated carbocycles. The lowest BCUT2D eigenvalue weighted by Gasteiger charge is -2.20. The molecule has 0 aromatic carbocycles. The summed E-state index contributed by atoms with van der Waals surface area (Å²) in [5.41, 5.74) is 0. The van der Waals surface area contributed by atoms with Gasteiger partial charge in [0.1, 0.15) is 0 Å². The molecule has 116 valence electrons. The van der Waals surface area contributed by atoms with Gasteiger partial charge in [-0.2, -0.15) is 0 Å². The lowest BCUT2D eigenvalue weighted by atomic mass is 10.3. The molecule has 0 bridgehead atoms. The highest BCUT2D eigenvalue weighted by Crippen LogP contribution is 1.97. The first-order valence-corrected chi connectivity index (χ1v) is 6.50. The number of rotatable bonds is 13. The molecule has 0 saturated heterocycles. The molecule has 0 aromatic rings. The molecular weight excluding hydrogens is 268 g/mol. The molecule has 0 unspecified atom stereocenters. The lowest BCUT2D eigenvalue weighted by Crippen LogP contribution is -2.32. The minimum Gasteiger partial charge on any atom is -0.481 e. The highest BCUT2D eigenvalue weighted by Gasteiger charge is 2.09. The molecule has 0 fully saturated rings. The zero-order valence-electron chi connectivity index (χ0n) is 11.4. The van der Waals surface area contributed by atoms with Gasteiger partial charge in [-0.1, -0.05) is 0 Å². The molecule has 0 aliphatic heterocycles. The van der Waals surface area contributed by atoms with E-state index in [4.69, 9.17) is 15.3 Å². The summed E-state index contributed by atoms with van der Waals surface area (Å²) in [5.74, 6) is -2.68. The second kappa shape index (κ2) is 11.2. The first kappa shape index (κ1) is 18.3. The summed E-state index contributed by atoms with van der Waals surface area (Å²) in [6.07, 6.45) is 0.721. The zero-order chi connectivity index (χ0) is 15.4. The van der Waals surface area contributed by atoms with Crippen LogP contribution in [0, 0.1) is 0 Å². The van der Waals surface area contributed by atoms with Gasteiger partial charge in [-0.3, -0.25) is 14.4 Å². The maximum atomic E-state index is 10.5. The minimum absolute atomic E-state index is 0.0218. The third-order valence-corrected chi connectivity index (χ3v) is 2.63. The number of carbonyl (C=O) groups is 3. The number of aliphatic carboxylic acids is 3. The molecule has 0 radical (unpaired) electrons. The van der Waals surface area contributed by atoms with Crippen LogP contribution in [0.2, 0.25) is 0 Å². The van der Waals surface area contributed by atoms with E-state index in [0.717, 1.165) is 0 Å². The smallest absolute Gasteiger partial charge is 0.304 e.